The van der Waals surface area contributed by atoms with Crippen molar-refractivity contribution in [2.24, 2.45) is 0 Å². The summed E-state index contributed by atoms with van der Waals surface area (Å²) in [5.74, 6) is -1.41. The standard InChI is InChI=1S/C27H23F2N9O2/c28-19-3-1-17(2-4-19)25-26(37(16-32-25)12-11-36-10-9-31-24(39)15-36)20-5-6-23-33-22(14-38(23)35-20)34-27(40)18-7-8-30-21(29)13-18/h1-8,13-14,16H,9-12,15H2,(H,31,39)(H,34,40). The van der Waals surface area contributed by atoms with Gasteiger partial charge in [-0.15, -0.1) is 0 Å². The molecule has 1 saturated heterocycles. The molecule has 1 fully saturated rings. The van der Waals surface area contributed by atoms with Gasteiger partial charge in [-0.1, -0.05) is 0 Å². The van der Waals surface area contributed by atoms with E-state index in [4.69, 9.17) is 5.10 Å². The van der Waals surface area contributed by atoms with Crippen molar-refractivity contribution < 1.29 is 18.4 Å². The molecule has 2 amide bonds. The molecule has 40 heavy (non-hydrogen) atoms. The van der Waals surface area contributed by atoms with E-state index in [0.29, 0.717) is 48.9 Å². The number of nitrogens with zero attached hydrogens (tertiary/aromatic N) is 7. The van der Waals surface area contributed by atoms with Crippen LogP contribution < -0.4 is 10.6 Å². The van der Waals surface area contributed by atoms with Gasteiger partial charge in [0.15, 0.2) is 11.5 Å². The summed E-state index contributed by atoms with van der Waals surface area (Å²) in [7, 11) is 0. The molecule has 0 aliphatic carbocycles. The molecule has 11 nitrogen and oxygen atoms in total. The van der Waals surface area contributed by atoms with Crippen molar-refractivity contribution in [3.63, 3.8) is 0 Å². The molecule has 0 bridgehead atoms. The third-order valence-corrected chi connectivity index (χ3v) is 6.52. The normalized spacial score (nSPS) is 13.9. The lowest BCUT2D eigenvalue weighted by molar-refractivity contribution is -0.124. The molecule has 0 saturated carbocycles. The minimum atomic E-state index is -0.758. The average Bonchev–Trinajstić information content (AvgIpc) is 3.55. The monoisotopic (exact) mass is 543 g/mol. The molecule has 5 heterocycles. The number of fused-ring (bicyclic) bond motifs is 1. The zero-order chi connectivity index (χ0) is 27.6. The fourth-order valence-electron chi connectivity index (χ4n) is 4.57. The van der Waals surface area contributed by atoms with Gasteiger partial charge in [0.1, 0.15) is 11.5 Å². The summed E-state index contributed by atoms with van der Waals surface area (Å²) >= 11 is 0. The first-order chi connectivity index (χ1) is 19.4. The van der Waals surface area contributed by atoms with E-state index in [1.54, 1.807) is 36.8 Å². The minimum Gasteiger partial charge on any atom is -0.354 e. The van der Waals surface area contributed by atoms with Gasteiger partial charge in [0.05, 0.1) is 30.5 Å². The van der Waals surface area contributed by atoms with Crippen LogP contribution in [0.15, 0.2) is 67.3 Å². The molecule has 13 heteroatoms. The number of amides is 2. The van der Waals surface area contributed by atoms with Gasteiger partial charge in [0.2, 0.25) is 11.9 Å². The molecule has 0 atom stereocenters. The quantitative estimate of drug-likeness (QED) is 0.303. The molecular weight excluding hydrogens is 520 g/mol. The van der Waals surface area contributed by atoms with E-state index in [0.717, 1.165) is 18.2 Å². The molecule has 2 N–H and O–H groups in total. The highest BCUT2D eigenvalue weighted by Crippen LogP contribution is 2.30. The van der Waals surface area contributed by atoms with Crippen molar-refractivity contribution >= 4 is 23.3 Å². The number of hydrogen-bond donors (Lipinski definition) is 2. The van der Waals surface area contributed by atoms with Crippen molar-refractivity contribution in [1.82, 2.24) is 39.3 Å². The Morgan fingerprint density at radius 3 is 2.70 bits per heavy atom. The van der Waals surface area contributed by atoms with Gasteiger partial charge in [-0.3, -0.25) is 14.5 Å². The second-order valence-corrected chi connectivity index (χ2v) is 9.24. The van der Waals surface area contributed by atoms with Crippen molar-refractivity contribution in [3.05, 3.63) is 84.6 Å². The number of imidazole rings is 2. The Morgan fingerprint density at radius 2 is 1.90 bits per heavy atom. The fraction of sp³-hybridized carbons (Fsp3) is 0.185. The Bertz CT molecular complexity index is 1720. The van der Waals surface area contributed by atoms with Crippen LogP contribution in [0.3, 0.4) is 0 Å². The molecule has 0 radical (unpaired) electrons. The van der Waals surface area contributed by atoms with Crippen LogP contribution in [-0.2, 0) is 11.3 Å². The maximum atomic E-state index is 13.6. The molecule has 0 unspecified atom stereocenters. The Morgan fingerprint density at radius 1 is 1.05 bits per heavy atom. The zero-order valence-electron chi connectivity index (χ0n) is 21.1. The summed E-state index contributed by atoms with van der Waals surface area (Å²) in [6.07, 6.45) is 4.47. The number of aromatic nitrogens is 6. The Kier molecular flexibility index (Phi) is 6.70. The average molecular weight is 544 g/mol. The van der Waals surface area contributed by atoms with Crippen molar-refractivity contribution in [2.45, 2.75) is 6.54 Å². The van der Waals surface area contributed by atoms with E-state index in [1.165, 1.54) is 28.9 Å². The number of rotatable bonds is 7. The van der Waals surface area contributed by atoms with Gasteiger partial charge < -0.3 is 15.2 Å². The Balaban J connectivity index is 1.32. The summed E-state index contributed by atoms with van der Waals surface area (Å²) in [5.41, 5.74) is 3.22. The van der Waals surface area contributed by atoms with Gasteiger partial charge in [-0.25, -0.2) is 23.9 Å². The van der Waals surface area contributed by atoms with Gasteiger partial charge >= 0.3 is 0 Å². The molecule has 4 aromatic heterocycles. The largest absolute Gasteiger partial charge is 0.354 e. The Hall–Kier alpha value is -5.04. The van der Waals surface area contributed by atoms with Gasteiger partial charge in [-0.05, 0) is 42.5 Å². The van der Waals surface area contributed by atoms with Gasteiger partial charge in [0.25, 0.3) is 5.91 Å². The van der Waals surface area contributed by atoms with Crippen LogP contribution >= 0.6 is 0 Å². The summed E-state index contributed by atoms with van der Waals surface area (Å²) in [5, 5.41) is 10.2. The van der Waals surface area contributed by atoms with Gasteiger partial charge in [0, 0.05) is 49.6 Å². The van der Waals surface area contributed by atoms with E-state index in [9.17, 15) is 18.4 Å². The number of benzene rings is 1. The van der Waals surface area contributed by atoms with Crippen LogP contribution in [0, 0.1) is 11.8 Å². The molecule has 5 aromatic rings. The highest BCUT2D eigenvalue weighted by Gasteiger charge is 2.20. The molecule has 1 aromatic carbocycles. The zero-order valence-corrected chi connectivity index (χ0v) is 21.1. The third kappa shape index (κ3) is 5.27. The second kappa shape index (κ2) is 10.6. The van der Waals surface area contributed by atoms with E-state index >= 15 is 0 Å². The number of halogens is 2. The molecule has 202 valence electrons. The van der Waals surface area contributed by atoms with E-state index in [-0.39, 0.29) is 23.1 Å². The summed E-state index contributed by atoms with van der Waals surface area (Å²) < 4.78 is 30.6. The molecule has 1 aliphatic rings. The first-order valence-corrected chi connectivity index (χ1v) is 12.5. The number of carbonyl (C=O) groups excluding carboxylic acids is 2. The maximum absolute atomic E-state index is 13.6. The van der Waals surface area contributed by atoms with Crippen molar-refractivity contribution in [1.29, 1.82) is 0 Å². The smallest absolute Gasteiger partial charge is 0.257 e. The fourth-order valence-corrected chi connectivity index (χ4v) is 4.57. The maximum Gasteiger partial charge on any atom is 0.257 e. The molecular formula is C27H23F2N9O2. The van der Waals surface area contributed by atoms with E-state index in [2.05, 4.69) is 30.5 Å². The SMILES string of the molecule is O=C1CN(CCn2cnc(-c3ccc(F)cc3)c2-c2ccc3nc(NC(=O)c4ccnc(F)c4)cn3n2)CCN1. The van der Waals surface area contributed by atoms with Crippen LogP contribution in [-0.4, -0.2) is 72.0 Å². The molecule has 0 spiro atoms. The summed E-state index contributed by atoms with van der Waals surface area (Å²) in [6, 6.07) is 12.1. The topological polar surface area (TPSA) is 122 Å². The molecule has 6 rings (SSSR count). The number of pyridine rings is 1. The highest BCUT2D eigenvalue weighted by atomic mass is 19.1. The van der Waals surface area contributed by atoms with Crippen LogP contribution in [0.25, 0.3) is 28.3 Å². The lowest BCUT2D eigenvalue weighted by atomic mass is 10.1. The van der Waals surface area contributed by atoms with Gasteiger partial charge in [-0.2, -0.15) is 9.49 Å². The van der Waals surface area contributed by atoms with Crippen LogP contribution in [0.4, 0.5) is 14.6 Å². The lowest BCUT2D eigenvalue weighted by Gasteiger charge is -2.26. The first kappa shape index (κ1) is 25.2. The predicted octanol–water partition coefficient (Wildman–Crippen LogP) is 2.62. The Labute approximate surface area is 226 Å². The van der Waals surface area contributed by atoms with E-state index < -0.39 is 11.9 Å². The van der Waals surface area contributed by atoms with Crippen LogP contribution in [0.1, 0.15) is 10.4 Å². The molecule has 1 aliphatic heterocycles. The second-order valence-electron chi connectivity index (χ2n) is 9.24. The number of carbonyl (C=O) groups is 2. The highest BCUT2D eigenvalue weighted by molar-refractivity contribution is 6.03. The number of nitrogens with one attached hydrogen (secondary N) is 2. The van der Waals surface area contributed by atoms with Crippen LogP contribution in [0.5, 0.6) is 0 Å². The number of anilines is 1. The summed E-state index contributed by atoms with van der Waals surface area (Å²) in [6.45, 7) is 2.85. The number of piperazine rings is 1. The van der Waals surface area contributed by atoms with E-state index in [1.807, 2.05) is 4.57 Å². The van der Waals surface area contributed by atoms with Crippen LogP contribution in [0.2, 0.25) is 0 Å². The number of hydrogen-bond acceptors (Lipinski definition) is 7. The minimum absolute atomic E-state index is 0.00621. The van der Waals surface area contributed by atoms with Crippen molar-refractivity contribution in [3.8, 4) is 22.6 Å². The first-order valence-electron chi connectivity index (χ1n) is 12.5. The predicted molar refractivity (Wildman–Crippen MR) is 141 cm³/mol. The van der Waals surface area contributed by atoms with Crippen molar-refractivity contribution in [2.75, 3.05) is 31.5 Å². The summed E-state index contributed by atoms with van der Waals surface area (Å²) in [4.78, 5) is 38.9. The third-order valence-electron chi connectivity index (χ3n) is 6.52. The lowest BCUT2D eigenvalue weighted by Crippen LogP contribution is -2.48.